The summed E-state index contributed by atoms with van der Waals surface area (Å²) in [7, 11) is 3.79. The van der Waals surface area contributed by atoms with Crippen LogP contribution < -0.4 is 0 Å². The molecule has 0 atom stereocenters. The van der Waals surface area contributed by atoms with Crippen LogP contribution in [0.4, 0.5) is 13.2 Å². The van der Waals surface area contributed by atoms with Gasteiger partial charge in [-0.2, -0.15) is 18.3 Å². The highest BCUT2D eigenvalue weighted by Gasteiger charge is 2.30. The monoisotopic (exact) mass is 458 g/mol. The lowest BCUT2D eigenvalue weighted by atomic mass is 10.1. The predicted octanol–water partition coefficient (Wildman–Crippen LogP) is 4.64. The number of nitrogens with zero attached hydrogens (tertiary/aromatic N) is 4. The Morgan fingerprint density at radius 1 is 1.00 bits per heavy atom. The Labute approximate surface area is 192 Å². The largest absolute Gasteiger partial charge is 0.416 e. The van der Waals surface area contributed by atoms with Gasteiger partial charge in [-0.25, -0.2) is 4.68 Å². The number of amides is 1. The highest BCUT2D eigenvalue weighted by Crippen LogP contribution is 2.30. The topological polar surface area (TPSA) is 41.4 Å². The second-order valence-electron chi connectivity index (χ2n) is 8.39. The molecule has 3 rings (SSSR count). The molecule has 5 nitrogen and oxygen atoms in total. The maximum atomic E-state index is 13.3. The highest BCUT2D eigenvalue weighted by molar-refractivity contribution is 5.79. The number of benzene rings is 2. The third-order valence-electron chi connectivity index (χ3n) is 5.57. The number of hydrogen-bond acceptors (Lipinski definition) is 3. The number of aryl methyl sites for hydroxylation is 1. The van der Waals surface area contributed by atoms with Gasteiger partial charge in [-0.15, -0.1) is 0 Å². The van der Waals surface area contributed by atoms with Gasteiger partial charge in [-0.3, -0.25) is 4.79 Å². The van der Waals surface area contributed by atoms with Crippen molar-refractivity contribution < 1.29 is 18.0 Å². The number of rotatable bonds is 8. The molecule has 0 aliphatic carbocycles. The molecule has 0 aliphatic heterocycles. The molecule has 0 N–H and O–H groups in total. The lowest BCUT2D eigenvalue weighted by molar-refractivity contribution is -0.137. The van der Waals surface area contributed by atoms with Crippen molar-refractivity contribution in [1.29, 1.82) is 0 Å². The Morgan fingerprint density at radius 3 is 2.33 bits per heavy atom. The smallest absolute Gasteiger partial charge is 0.337 e. The zero-order chi connectivity index (χ0) is 24.2. The molecule has 0 saturated heterocycles. The van der Waals surface area contributed by atoms with Gasteiger partial charge in [0.1, 0.15) is 0 Å². The van der Waals surface area contributed by atoms with Gasteiger partial charge in [-0.1, -0.05) is 30.3 Å². The van der Waals surface area contributed by atoms with Crippen LogP contribution in [0.3, 0.4) is 0 Å². The van der Waals surface area contributed by atoms with Gasteiger partial charge in [0.15, 0.2) is 0 Å². The standard InChI is InChI=1S/C25H29F3N4O/c1-18-23(19(2)32(29-18)22-11-6-5-7-12-22)16-24(33)31(14-13-30(3)4)17-20-9-8-10-21(15-20)25(26,27)28/h5-12,15H,13-14,16-17H2,1-4H3. The first-order valence-corrected chi connectivity index (χ1v) is 10.8. The fourth-order valence-electron chi connectivity index (χ4n) is 3.69. The molecule has 0 aliphatic rings. The van der Waals surface area contributed by atoms with Crippen molar-refractivity contribution in [3.63, 3.8) is 0 Å². The van der Waals surface area contributed by atoms with E-state index >= 15 is 0 Å². The fourth-order valence-corrected chi connectivity index (χ4v) is 3.69. The number of carbonyl (C=O) groups is 1. The van der Waals surface area contributed by atoms with Gasteiger partial charge in [0.25, 0.3) is 0 Å². The van der Waals surface area contributed by atoms with Crippen molar-refractivity contribution >= 4 is 5.91 Å². The van der Waals surface area contributed by atoms with E-state index in [1.807, 2.05) is 67.9 Å². The average molecular weight is 459 g/mol. The van der Waals surface area contributed by atoms with Crippen LogP contribution in [0, 0.1) is 13.8 Å². The van der Waals surface area contributed by atoms with Gasteiger partial charge in [-0.05, 0) is 57.8 Å². The molecule has 1 heterocycles. The maximum absolute atomic E-state index is 13.3. The first-order valence-electron chi connectivity index (χ1n) is 10.8. The number of likely N-dealkylation sites (N-methyl/N-ethyl adjacent to an activating group) is 1. The normalized spacial score (nSPS) is 11.8. The molecule has 0 radical (unpaired) electrons. The summed E-state index contributed by atoms with van der Waals surface area (Å²) in [6.45, 7) is 4.92. The van der Waals surface area contributed by atoms with Crippen LogP contribution in [-0.2, 0) is 23.9 Å². The first-order chi connectivity index (χ1) is 15.6. The highest BCUT2D eigenvalue weighted by atomic mass is 19.4. The molecule has 0 unspecified atom stereocenters. The zero-order valence-corrected chi connectivity index (χ0v) is 19.4. The van der Waals surface area contributed by atoms with Crippen LogP contribution in [0.15, 0.2) is 54.6 Å². The van der Waals surface area contributed by atoms with E-state index in [1.54, 1.807) is 11.0 Å². The van der Waals surface area contributed by atoms with E-state index < -0.39 is 11.7 Å². The molecular formula is C25H29F3N4O. The zero-order valence-electron chi connectivity index (χ0n) is 19.4. The van der Waals surface area contributed by atoms with Gasteiger partial charge in [0.2, 0.25) is 5.91 Å². The van der Waals surface area contributed by atoms with E-state index in [0.29, 0.717) is 18.7 Å². The third-order valence-corrected chi connectivity index (χ3v) is 5.57. The number of aromatic nitrogens is 2. The summed E-state index contributed by atoms with van der Waals surface area (Å²) in [6.07, 6.45) is -4.29. The first kappa shape index (κ1) is 24.5. The Balaban J connectivity index is 1.84. The van der Waals surface area contributed by atoms with E-state index in [0.717, 1.165) is 34.8 Å². The van der Waals surface area contributed by atoms with E-state index in [9.17, 15) is 18.0 Å². The molecule has 0 bridgehead atoms. The van der Waals surface area contributed by atoms with Crippen LogP contribution in [-0.4, -0.2) is 52.7 Å². The maximum Gasteiger partial charge on any atom is 0.416 e. The van der Waals surface area contributed by atoms with Crippen molar-refractivity contribution in [2.75, 3.05) is 27.2 Å². The van der Waals surface area contributed by atoms with Crippen molar-refractivity contribution in [2.45, 2.75) is 33.0 Å². The molecule has 0 saturated carbocycles. The molecule has 3 aromatic rings. The summed E-state index contributed by atoms with van der Waals surface area (Å²) in [4.78, 5) is 16.9. The molecule has 0 spiro atoms. The van der Waals surface area contributed by atoms with Crippen LogP contribution in [0.2, 0.25) is 0 Å². The second kappa shape index (κ2) is 10.2. The summed E-state index contributed by atoms with van der Waals surface area (Å²) in [5.74, 6) is -0.145. The molecule has 0 fully saturated rings. The predicted molar refractivity (Wildman–Crippen MR) is 122 cm³/mol. The quantitative estimate of drug-likeness (QED) is 0.494. The van der Waals surface area contributed by atoms with Gasteiger partial charge in [0.05, 0.1) is 23.4 Å². The summed E-state index contributed by atoms with van der Waals surface area (Å²) in [5.41, 5.74) is 3.11. The summed E-state index contributed by atoms with van der Waals surface area (Å²) >= 11 is 0. The van der Waals surface area contributed by atoms with E-state index in [4.69, 9.17) is 0 Å². The Morgan fingerprint density at radius 2 is 1.70 bits per heavy atom. The third kappa shape index (κ3) is 6.22. The van der Waals surface area contributed by atoms with Crippen molar-refractivity contribution in [3.8, 4) is 5.69 Å². The Bertz CT molecular complexity index is 1090. The number of halogens is 3. The number of alkyl halides is 3. The number of para-hydroxylation sites is 1. The molecule has 1 aromatic heterocycles. The molecular weight excluding hydrogens is 429 g/mol. The molecule has 2 aromatic carbocycles. The average Bonchev–Trinajstić information content (AvgIpc) is 3.05. The Kier molecular flexibility index (Phi) is 7.58. The van der Waals surface area contributed by atoms with Crippen molar-refractivity contribution in [2.24, 2.45) is 0 Å². The number of hydrogen-bond donors (Lipinski definition) is 0. The van der Waals surface area contributed by atoms with Crippen LogP contribution in [0.5, 0.6) is 0 Å². The Hall–Kier alpha value is -3.13. The summed E-state index contributed by atoms with van der Waals surface area (Å²) in [5, 5.41) is 4.60. The van der Waals surface area contributed by atoms with Crippen LogP contribution in [0.25, 0.3) is 5.69 Å². The second-order valence-corrected chi connectivity index (χ2v) is 8.39. The minimum atomic E-state index is -4.42. The molecule has 33 heavy (non-hydrogen) atoms. The molecule has 1 amide bonds. The van der Waals surface area contributed by atoms with Gasteiger partial charge in [0, 0.05) is 30.9 Å². The van der Waals surface area contributed by atoms with Gasteiger partial charge >= 0.3 is 6.18 Å². The van der Waals surface area contributed by atoms with Crippen molar-refractivity contribution in [1.82, 2.24) is 19.6 Å². The van der Waals surface area contributed by atoms with Crippen LogP contribution in [0.1, 0.15) is 28.1 Å². The van der Waals surface area contributed by atoms with E-state index in [1.165, 1.54) is 6.07 Å². The van der Waals surface area contributed by atoms with Crippen molar-refractivity contribution in [3.05, 3.63) is 82.7 Å². The minimum absolute atomic E-state index is 0.113. The van der Waals surface area contributed by atoms with E-state index in [2.05, 4.69) is 5.10 Å². The lowest BCUT2D eigenvalue weighted by Gasteiger charge is -2.25. The minimum Gasteiger partial charge on any atom is -0.337 e. The molecule has 176 valence electrons. The number of carbonyl (C=O) groups excluding carboxylic acids is 1. The fraction of sp³-hybridized carbons (Fsp3) is 0.360. The SMILES string of the molecule is Cc1nn(-c2ccccc2)c(C)c1CC(=O)N(CCN(C)C)Cc1cccc(C(F)(F)F)c1. The summed E-state index contributed by atoms with van der Waals surface area (Å²) < 4.78 is 41.2. The lowest BCUT2D eigenvalue weighted by Crippen LogP contribution is -2.37. The molecule has 8 heteroatoms. The van der Waals surface area contributed by atoms with Gasteiger partial charge < -0.3 is 9.80 Å². The van der Waals surface area contributed by atoms with E-state index in [-0.39, 0.29) is 18.9 Å². The van der Waals surface area contributed by atoms with Crippen LogP contribution >= 0.6 is 0 Å². The summed E-state index contributed by atoms with van der Waals surface area (Å²) in [6, 6.07) is 14.8.